The molecule has 0 aromatic carbocycles. The van der Waals surface area contributed by atoms with Crippen LogP contribution in [-0.2, 0) is 24.0 Å². The molecule has 0 aromatic rings. The summed E-state index contributed by atoms with van der Waals surface area (Å²) in [7, 11) is -3.22. The second-order valence-corrected chi connectivity index (χ2v) is 5.19. The van der Waals surface area contributed by atoms with Gasteiger partial charge in [-0.3, -0.25) is 0 Å². The average Bonchev–Trinajstić information content (AvgIpc) is 2.01. The molecule has 0 saturated heterocycles. The fourth-order valence-electron chi connectivity index (χ4n) is 1.23. The van der Waals surface area contributed by atoms with Gasteiger partial charge in [-0.2, -0.15) is 0 Å². The normalized spacial score (nSPS) is 13.1. The molecular formula is C9H20O5S. The molecule has 15 heavy (non-hydrogen) atoms. The molecule has 0 aliphatic carbocycles. The molecule has 0 saturated carbocycles. The molecule has 0 bridgehead atoms. The van der Waals surface area contributed by atoms with Crippen molar-refractivity contribution in [1.29, 1.82) is 0 Å². The third-order valence-electron chi connectivity index (χ3n) is 1.53. The first-order valence-electron chi connectivity index (χ1n) is 4.98. The van der Waals surface area contributed by atoms with E-state index in [1.807, 2.05) is 0 Å². The topological polar surface area (TPSA) is 61.8 Å². The van der Waals surface area contributed by atoms with Gasteiger partial charge >= 0.3 is 0 Å². The third-order valence-corrected chi connectivity index (χ3v) is 2.41. The number of hydrogen-bond acceptors (Lipinski definition) is 5. The predicted octanol–water partition coefficient (Wildman–Crippen LogP) is 0.794. The summed E-state index contributed by atoms with van der Waals surface area (Å²) in [6.07, 6.45) is 1.12. The molecule has 0 radical (unpaired) electrons. The molecule has 0 N–H and O–H groups in total. The lowest BCUT2D eigenvalue weighted by atomic mass is 10.6. The van der Waals surface area contributed by atoms with Gasteiger partial charge in [-0.1, -0.05) is 0 Å². The summed E-state index contributed by atoms with van der Waals surface area (Å²) in [5.74, 6) is -1.75. The van der Waals surface area contributed by atoms with E-state index in [1.54, 1.807) is 20.8 Å². The number of ether oxygens (including phenoxy) is 3. The number of rotatable bonds is 8. The zero-order chi connectivity index (χ0) is 11.9. The summed E-state index contributed by atoms with van der Waals surface area (Å²) in [5.41, 5.74) is 0. The van der Waals surface area contributed by atoms with E-state index in [4.69, 9.17) is 14.2 Å². The molecule has 0 aliphatic rings. The maximum absolute atomic E-state index is 11.2. The van der Waals surface area contributed by atoms with E-state index < -0.39 is 15.8 Å². The van der Waals surface area contributed by atoms with Gasteiger partial charge in [0.25, 0.3) is 5.97 Å². The van der Waals surface area contributed by atoms with Gasteiger partial charge in [0.2, 0.25) is 0 Å². The van der Waals surface area contributed by atoms with Gasteiger partial charge in [0.15, 0.2) is 9.84 Å². The molecule has 0 fully saturated rings. The lowest BCUT2D eigenvalue weighted by molar-refractivity contribution is -0.362. The molecule has 0 aliphatic heterocycles. The molecule has 0 heterocycles. The lowest BCUT2D eigenvalue weighted by Gasteiger charge is -2.31. The molecular weight excluding hydrogens is 220 g/mol. The largest absolute Gasteiger partial charge is 0.327 e. The van der Waals surface area contributed by atoms with Crippen LogP contribution in [0.1, 0.15) is 20.8 Å². The Bertz CT molecular complexity index is 243. The molecule has 5 nitrogen and oxygen atoms in total. The minimum atomic E-state index is -3.22. The van der Waals surface area contributed by atoms with E-state index in [0.29, 0.717) is 19.8 Å². The van der Waals surface area contributed by atoms with E-state index in [2.05, 4.69) is 0 Å². The highest BCUT2D eigenvalue weighted by molar-refractivity contribution is 7.90. The summed E-state index contributed by atoms with van der Waals surface area (Å²) < 4.78 is 38.3. The average molecular weight is 240 g/mol. The van der Waals surface area contributed by atoms with Crippen LogP contribution < -0.4 is 0 Å². The molecule has 92 valence electrons. The molecule has 0 aromatic heterocycles. The fraction of sp³-hybridized carbons (Fsp3) is 1.00. The molecule has 0 atom stereocenters. The van der Waals surface area contributed by atoms with Crippen LogP contribution in [0.2, 0.25) is 0 Å². The lowest BCUT2D eigenvalue weighted by Crippen LogP contribution is -2.45. The van der Waals surface area contributed by atoms with Gasteiger partial charge in [-0.15, -0.1) is 0 Å². The Labute approximate surface area is 91.6 Å². The van der Waals surface area contributed by atoms with Crippen molar-refractivity contribution < 1.29 is 22.6 Å². The van der Waals surface area contributed by atoms with Crippen LogP contribution >= 0.6 is 0 Å². The van der Waals surface area contributed by atoms with Crippen LogP contribution in [0, 0.1) is 0 Å². The summed E-state index contributed by atoms with van der Waals surface area (Å²) in [6, 6.07) is 0. The van der Waals surface area contributed by atoms with Crippen molar-refractivity contribution in [2.75, 3.05) is 31.8 Å². The first kappa shape index (κ1) is 14.8. The highest BCUT2D eigenvalue weighted by Gasteiger charge is 2.36. The molecule has 6 heteroatoms. The Balaban J connectivity index is 4.75. The maximum atomic E-state index is 11.2. The standard InChI is InChI=1S/C9H20O5S/c1-5-12-9(13-6-2,14-7-3)8-15(4,10)11/h5-8H2,1-4H3. The fourth-order valence-corrected chi connectivity index (χ4v) is 2.12. The Morgan fingerprint density at radius 3 is 1.47 bits per heavy atom. The summed E-state index contributed by atoms with van der Waals surface area (Å²) in [6.45, 7) is 6.26. The van der Waals surface area contributed by atoms with E-state index in [9.17, 15) is 8.42 Å². The quantitative estimate of drug-likeness (QED) is 0.587. The minimum absolute atomic E-state index is 0.296. The van der Waals surface area contributed by atoms with Gasteiger partial charge in [0.05, 0.1) is 0 Å². The summed E-state index contributed by atoms with van der Waals surface area (Å²) in [5, 5.41) is 0. The van der Waals surface area contributed by atoms with Crippen molar-refractivity contribution >= 4 is 9.84 Å². The second-order valence-electron chi connectivity index (χ2n) is 3.05. The van der Waals surface area contributed by atoms with Crippen LogP contribution in [0.15, 0.2) is 0 Å². The van der Waals surface area contributed by atoms with Gasteiger partial charge in [-0.25, -0.2) is 8.42 Å². The van der Waals surface area contributed by atoms with Crippen molar-refractivity contribution in [1.82, 2.24) is 0 Å². The molecule has 0 amide bonds. The van der Waals surface area contributed by atoms with Crippen molar-refractivity contribution in [3.05, 3.63) is 0 Å². The number of sulfone groups is 1. The van der Waals surface area contributed by atoms with E-state index in [-0.39, 0.29) is 5.75 Å². The third kappa shape index (κ3) is 6.09. The van der Waals surface area contributed by atoms with Crippen LogP contribution in [0.5, 0.6) is 0 Å². The minimum Gasteiger partial charge on any atom is -0.327 e. The van der Waals surface area contributed by atoms with Gasteiger partial charge in [-0.05, 0) is 20.8 Å². The van der Waals surface area contributed by atoms with Crippen molar-refractivity contribution in [2.45, 2.75) is 26.7 Å². The first-order chi connectivity index (χ1) is 6.89. The maximum Gasteiger partial charge on any atom is 0.297 e. The van der Waals surface area contributed by atoms with E-state index in [1.165, 1.54) is 0 Å². The molecule has 0 rings (SSSR count). The second kappa shape index (κ2) is 6.42. The summed E-state index contributed by atoms with van der Waals surface area (Å²) in [4.78, 5) is 0. The van der Waals surface area contributed by atoms with E-state index in [0.717, 1.165) is 6.26 Å². The van der Waals surface area contributed by atoms with Crippen LogP contribution in [-0.4, -0.2) is 46.2 Å². The summed E-state index contributed by atoms with van der Waals surface area (Å²) >= 11 is 0. The van der Waals surface area contributed by atoms with Gasteiger partial charge in [0, 0.05) is 26.1 Å². The number of hydrogen-bond donors (Lipinski definition) is 0. The Morgan fingerprint density at radius 1 is 0.933 bits per heavy atom. The monoisotopic (exact) mass is 240 g/mol. The highest BCUT2D eigenvalue weighted by Crippen LogP contribution is 2.18. The van der Waals surface area contributed by atoms with Gasteiger partial charge in [0.1, 0.15) is 5.75 Å². The van der Waals surface area contributed by atoms with E-state index >= 15 is 0 Å². The Hall–Kier alpha value is -0.170. The van der Waals surface area contributed by atoms with Crippen molar-refractivity contribution in [3.63, 3.8) is 0 Å². The zero-order valence-corrected chi connectivity index (χ0v) is 10.6. The molecule has 0 spiro atoms. The SMILES string of the molecule is CCOC(CS(C)(=O)=O)(OCC)OCC. The molecule has 0 unspecified atom stereocenters. The van der Waals surface area contributed by atoms with Crippen LogP contribution in [0.25, 0.3) is 0 Å². The first-order valence-corrected chi connectivity index (χ1v) is 7.04. The van der Waals surface area contributed by atoms with Crippen molar-refractivity contribution in [2.24, 2.45) is 0 Å². The zero-order valence-electron chi connectivity index (χ0n) is 9.78. The van der Waals surface area contributed by atoms with Gasteiger partial charge < -0.3 is 14.2 Å². The van der Waals surface area contributed by atoms with Crippen LogP contribution in [0.4, 0.5) is 0 Å². The van der Waals surface area contributed by atoms with Crippen molar-refractivity contribution in [3.8, 4) is 0 Å². The predicted molar refractivity (Wildman–Crippen MR) is 57.3 cm³/mol. The Morgan fingerprint density at radius 2 is 1.27 bits per heavy atom. The van der Waals surface area contributed by atoms with Crippen LogP contribution in [0.3, 0.4) is 0 Å². The smallest absolute Gasteiger partial charge is 0.297 e. The highest BCUT2D eigenvalue weighted by atomic mass is 32.2. The Kier molecular flexibility index (Phi) is 6.35.